The van der Waals surface area contributed by atoms with E-state index in [-0.39, 0.29) is 28.4 Å². The fraction of sp³-hybridized carbons (Fsp3) is 0.611. The molecule has 0 aliphatic carbocycles. The van der Waals surface area contributed by atoms with E-state index >= 15 is 0 Å². The minimum absolute atomic E-state index is 0.0303. The predicted molar refractivity (Wildman–Crippen MR) is 97.1 cm³/mol. The van der Waals surface area contributed by atoms with Gasteiger partial charge in [0.15, 0.2) is 21.3 Å². The summed E-state index contributed by atoms with van der Waals surface area (Å²) in [5, 5.41) is 0. The van der Waals surface area contributed by atoms with Gasteiger partial charge in [-0.15, -0.1) is 0 Å². The summed E-state index contributed by atoms with van der Waals surface area (Å²) in [5.41, 5.74) is 5.69. The molecule has 1 saturated heterocycles. The van der Waals surface area contributed by atoms with E-state index in [1.54, 1.807) is 11.0 Å². The van der Waals surface area contributed by atoms with Crippen LogP contribution in [0.2, 0.25) is 0 Å². The Balaban J connectivity index is 1.64. The smallest absolute Gasteiger partial charge is 0.223 e. The summed E-state index contributed by atoms with van der Waals surface area (Å²) in [5.74, 6) is 0.630. The normalized spacial score (nSPS) is 22.9. The number of benzene rings is 1. The highest BCUT2D eigenvalue weighted by molar-refractivity contribution is 7.91. The van der Waals surface area contributed by atoms with Crippen molar-refractivity contribution in [1.29, 1.82) is 0 Å². The zero-order valence-corrected chi connectivity index (χ0v) is 15.9. The van der Waals surface area contributed by atoms with Crippen LogP contribution >= 0.6 is 0 Å². The lowest BCUT2D eigenvalue weighted by atomic mass is 9.90. The molecule has 0 radical (unpaired) electrons. The number of rotatable bonds is 5. The number of amides is 1. The van der Waals surface area contributed by atoms with E-state index in [0.29, 0.717) is 44.3 Å². The van der Waals surface area contributed by atoms with Gasteiger partial charge in [-0.3, -0.25) is 4.79 Å². The zero-order chi connectivity index (χ0) is 18.8. The number of hydrogen-bond acceptors (Lipinski definition) is 6. The van der Waals surface area contributed by atoms with Crippen LogP contribution in [0.1, 0.15) is 26.2 Å². The molecule has 2 aliphatic rings. The van der Waals surface area contributed by atoms with Gasteiger partial charge in [0.2, 0.25) is 5.91 Å². The number of ether oxygens (including phenoxy) is 2. The minimum atomic E-state index is -3.57. The third-order valence-corrected chi connectivity index (χ3v) is 6.78. The number of carbonyl (C=O) groups excluding carboxylic acids is 1. The molecule has 1 unspecified atom stereocenters. The molecule has 7 nitrogen and oxygen atoms in total. The summed E-state index contributed by atoms with van der Waals surface area (Å²) in [7, 11) is -3.57. The Morgan fingerprint density at radius 3 is 2.69 bits per heavy atom. The number of fused-ring (bicyclic) bond motifs is 1. The molecule has 1 aromatic carbocycles. The third-order valence-electron chi connectivity index (χ3n) is 5.07. The van der Waals surface area contributed by atoms with Crippen LogP contribution in [0.3, 0.4) is 0 Å². The van der Waals surface area contributed by atoms with Gasteiger partial charge in [-0.1, -0.05) is 6.92 Å². The molecular formula is C18H26N2O5S. The molecule has 3 rings (SSSR count). The molecule has 0 spiro atoms. The Morgan fingerprint density at radius 1 is 1.27 bits per heavy atom. The first kappa shape index (κ1) is 19.0. The molecule has 1 amide bonds. The first-order valence-corrected chi connectivity index (χ1v) is 10.6. The number of carbonyl (C=O) groups is 1. The van der Waals surface area contributed by atoms with Gasteiger partial charge in [-0.05, 0) is 30.5 Å². The molecule has 26 heavy (non-hydrogen) atoms. The van der Waals surface area contributed by atoms with Crippen molar-refractivity contribution in [3.63, 3.8) is 0 Å². The van der Waals surface area contributed by atoms with Crippen molar-refractivity contribution >= 4 is 15.7 Å². The van der Waals surface area contributed by atoms with Crippen molar-refractivity contribution in [3.05, 3.63) is 18.2 Å². The lowest BCUT2D eigenvalue weighted by Crippen LogP contribution is -2.35. The van der Waals surface area contributed by atoms with Gasteiger partial charge in [-0.2, -0.15) is 0 Å². The predicted octanol–water partition coefficient (Wildman–Crippen LogP) is 1.21. The first-order chi connectivity index (χ1) is 12.3. The van der Waals surface area contributed by atoms with E-state index in [4.69, 9.17) is 15.2 Å². The largest absolute Gasteiger partial charge is 0.490 e. The molecule has 2 heterocycles. The summed E-state index contributed by atoms with van der Waals surface area (Å²) >= 11 is 0. The highest BCUT2D eigenvalue weighted by atomic mass is 32.2. The number of hydrogen-bond donors (Lipinski definition) is 1. The first-order valence-electron chi connectivity index (χ1n) is 8.93. The van der Waals surface area contributed by atoms with Gasteiger partial charge in [0, 0.05) is 32.0 Å². The summed E-state index contributed by atoms with van der Waals surface area (Å²) in [4.78, 5) is 14.3. The van der Waals surface area contributed by atoms with E-state index in [0.717, 1.165) is 12.8 Å². The van der Waals surface area contributed by atoms with Crippen LogP contribution in [0.5, 0.6) is 11.5 Å². The second kappa shape index (κ2) is 7.44. The van der Waals surface area contributed by atoms with Crippen molar-refractivity contribution in [1.82, 2.24) is 4.90 Å². The molecule has 2 N–H and O–H groups in total. The quantitative estimate of drug-likeness (QED) is 0.822. The Morgan fingerprint density at radius 2 is 2.00 bits per heavy atom. The third kappa shape index (κ3) is 4.12. The molecular weight excluding hydrogens is 356 g/mol. The molecule has 0 saturated carbocycles. The molecule has 1 aromatic rings. The summed E-state index contributed by atoms with van der Waals surface area (Å²) in [6.45, 7) is 4.83. The van der Waals surface area contributed by atoms with Crippen LogP contribution in [0.15, 0.2) is 23.1 Å². The number of likely N-dealkylation sites (tertiary alicyclic amines) is 1. The second-order valence-electron chi connectivity index (χ2n) is 7.31. The number of nitrogens with two attached hydrogens (primary N) is 1. The SMILES string of the molecule is CC1(CN)CCN(C(=O)CCS(=O)(=O)c2ccc3c(c2)OCCCO3)C1. The fourth-order valence-electron chi connectivity index (χ4n) is 3.24. The summed E-state index contributed by atoms with van der Waals surface area (Å²) < 4.78 is 36.3. The maximum Gasteiger partial charge on any atom is 0.223 e. The van der Waals surface area contributed by atoms with E-state index < -0.39 is 9.84 Å². The Kier molecular flexibility index (Phi) is 5.43. The van der Waals surface area contributed by atoms with Crippen LogP contribution < -0.4 is 15.2 Å². The zero-order valence-electron chi connectivity index (χ0n) is 15.1. The van der Waals surface area contributed by atoms with Crippen LogP contribution in [0.4, 0.5) is 0 Å². The average molecular weight is 382 g/mol. The molecule has 0 bridgehead atoms. The van der Waals surface area contributed by atoms with Gasteiger partial charge in [0.1, 0.15) is 0 Å². The van der Waals surface area contributed by atoms with Gasteiger partial charge in [0.05, 0.1) is 23.9 Å². The monoisotopic (exact) mass is 382 g/mol. The van der Waals surface area contributed by atoms with Crippen LogP contribution in [-0.4, -0.2) is 57.8 Å². The van der Waals surface area contributed by atoms with Crippen molar-refractivity contribution < 1.29 is 22.7 Å². The second-order valence-corrected chi connectivity index (χ2v) is 9.42. The van der Waals surface area contributed by atoms with Crippen LogP contribution in [0, 0.1) is 5.41 Å². The van der Waals surface area contributed by atoms with E-state index in [1.807, 2.05) is 0 Å². The molecule has 8 heteroatoms. The highest BCUT2D eigenvalue weighted by Crippen LogP contribution is 2.33. The van der Waals surface area contributed by atoms with Gasteiger partial charge in [-0.25, -0.2) is 8.42 Å². The average Bonchev–Trinajstić information content (AvgIpc) is 2.88. The van der Waals surface area contributed by atoms with Gasteiger partial charge >= 0.3 is 0 Å². The Hall–Kier alpha value is -1.80. The highest BCUT2D eigenvalue weighted by Gasteiger charge is 2.35. The molecule has 0 aromatic heterocycles. The van der Waals surface area contributed by atoms with Crippen LogP contribution in [-0.2, 0) is 14.6 Å². The summed E-state index contributed by atoms with van der Waals surface area (Å²) in [6.07, 6.45) is 1.57. The number of nitrogens with zero attached hydrogens (tertiary/aromatic N) is 1. The van der Waals surface area contributed by atoms with Crippen molar-refractivity contribution in [2.24, 2.45) is 11.1 Å². The van der Waals surface area contributed by atoms with Crippen molar-refractivity contribution in [2.45, 2.75) is 31.1 Å². The molecule has 1 atom stereocenters. The van der Waals surface area contributed by atoms with Gasteiger partial charge < -0.3 is 20.1 Å². The number of sulfone groups is 1. The lowest BCUT2D eigenvalue weighted by Gasteiger charge is -2.22. The van der Waals surface area contributed by atoms with Crippen molar-refractivity contribution in [3.8, 4) is 11.5 Å². The molecule has 1 fully saturated rings. The summed E-state index contributed by atoms with van der Waals surface area (Å²) in [6, 6.07) is 4.61. The minimum Gasteiger partial charge on any atom is -0.490 e. The molecule has 144 valence electrons. The van der Waals surface area contributed by atoms with Gasteiger partial charge in [0.25, 0.3) is 0 Å². The topological polar surface area (TPSA) is 98.9 Å². The van der Waals surface area contributed by atoms with Crippen molar-refractivity contribution in [2.75, 3.05) is 38.6 Å². The van der Waals surface area contributed by atoms with E-state index in [2.05, 4.69) is 6.92 Å². The maximum absolute atomic E-state index is 12.6. The molecule has 2 aliphatic heterocycles. The lowest BCUT2D eigenvalue weighted by molar-refractivity contribution is -0.130. The standard InChI is InChI=1S/C18H26N2O5S/c1-18(12-19)6-7-20(13-18)17(21)5-10-26(22,23)14-3-4-15-16(11-14)25-9-2-8-24-15/h3-4,11H,2,5-10,12-13,19H2,1H3. The van der Waals surface area contributed by atoms with Crippen LogP contribution in [0.25, 0.3) is 0 Å². The van der Waals surface area contributed by atoms with E-state index in [9.17, 15) is 13.2 Å². The maximum atomic E-state index is 12.6. The van der Waals surface area contributed by atoms with E-state index in [1.165, 1.54) is 12.1 Å². The fourth-order valence-corrected chi connectivity index (χ4v) is 4.48. The Bertz CT molecular complexity index is 780. The Labute approximate surface area is 154 Å².